The van der Waals surface area contributed by atoms with Gasteiger partial charge in [-0.15, -0.1) is 0 Å². The third kappa shape index (κ3) is 4.79. The molecule has 0 spiro atoms. The Morgan fingerprint density at radius 2 is 1.97 bits per heavy atom. The minimum Gasteiger partial charge on any atom is -0.496 e. The van der Waals surface area contributed by atoms with Crippen LogP contribution < -0.4 is 20.7 Å². The van der Waals surface area contributed by atoms with Gasteiger partial charge in [-0.3, -0.25) is 9.59 Å². The number of carbonyl (C=O) groups is 2. The molecule has 5 N–H and O–H groups in total. The standard InChI is InChI=1S/C24H30N4O5/c1-33-21-4-2-3-19(20(21)11-18(30)13-29)24(32)27-15-9-16-6-7-17(10-15)28(16)22-8-5-14(12-26-22)23(25)31/h2-5,8,12,15-18,29-30H,6-7,9-11,13H2,1H3,(H2,25,31)(H,27,32). The number of anilines is 1. The summed E-state index contributed by atoms with van der Waals surface area (Å²) in [5.41, 5.74) is 6.73. The molecule has 9 nitrogen and oxygen atoms in total. The van der Waals surface area contributed by atoms with E-state index >= 15 is 0 Å². The van der Waals surface area contributed by atoms with Crippen molar-refractivity contribution < 1.29 is 24.5 Å². The first-order valence-electron chi connectivity index (χ1n) is 11.2. The van der Waals surface area contributed by atoms with Crippen LogP contribution in [0.3, 0.4) is 0 Å². The number of hydrogen-bond donors (Lipinski definition) is 4. The molecular weight excluding hydrogens is 424 g/mol. The summed E-state index contributed by atoms with van der Waals surface area (Å²) in [4.78, 5) is 31.2. The van der Waals surface area contributed by atoms with Crippen LogP contribution in [0.4, 0.5) is 5.82 Å². The Balaban J connectivity index is 1.47. The molecule has 2 aliphatic rings. The number of aliphatic hydroxyl groups excluding tert-OH is 2. The number of benzene rings is 1. The minimum atomic E-state index is -0.972. The average Bonchev–Trinajstić information content (AvgIpc) is 3.09. The predicted octanol–water partition coefficient (Wildman–Crippen LogP) is 1.01. The van der Waals surface area contributed by atoms with Crippen LogP contribution in [0.15, 0.2) is 36.5 Å². The van der Waals surface area contributed by atoms with E-state index in [9.17, 15) is 19.8 Å². The Morgan fingerprint density at radius 3 is 2.55 bits per heavy atom. The smallest absolute Gasteiger partial charge is 0.251 e. The number of methoxy groups -OCH3 is 1. The van der Waals surface area contributed by atoms with E-state index in [-0.39, 0.29) is 30.5 Å². The van der Waals surface area contributed by atoms with Crippen LogP contribution in [-0.2, 0) is 6.42 Å². The van der Waals surface area contributed by atoms with E-state index < -0.39 is 18.6 Å². The third-order valence-corrected chi connectivity index (χ3v) is 6.61. The van der Waals surface area contributed by atoms with E-state index in [0.29, 0.717) is 22.4 Å². The molecule has 1 aromatic heterocycles. The van der Waals surface area contributed by atoms with Gasteiger partial charge >= 0.3 is 0 Å². The van der Waals surface area contributed by atoms with Crippen LogP contribution in [0, 0.1) is 0 Å². The number of ether oxygens (including phenoxy) is 1. The van der Waals surface area contributed by atoms with Gasteiger partial charge in [-0.25, -0.2) is 4.98 Å². The van der Waals surface area contributed by atoms with E-state index in [2.05, 4.69) is 15.2 Å². The maximum atomic E-state index is 13.2. The molecule has 1 aromatic carbocycles. The molecule has 2 bridgehead atoms. The number of amides is 2. The Labute approximate surface area is 192 Å². The lowest BCUT2D eigenvalue weighted by Crippen LogP contribution is -2.51. The summed E-state index contributed by atoms with van der Waals surface area (Å²) in [5.74, 6) is 0.624. The molecule has 2 aromatic rings. The molecular formula is C24H30N4O5. The summed E-state index contributed by atoms with van der Waals surface area (Å²) in [6.07, 6.45) is 4.28. The van der Waals surface area contributed by atoms with E-state index in [1.807, 2.05) is 6.07 Å². The second kappa shape index (κ2) is 9.76. The molecule has 33 heavy (non-hydrogen) atoms. The molecule has 0 aliphatic carbocycles. The largest absolute Gasteiger partial charge is 0.496 e. The van der Waals surface area contributed by atoms with Gasteiger partial charge in [-0.2, -0.15) is 0 Å². The van der Waals surface area contributed by atoms with Crippen molar-refractivity contribution in [2.45, 2.75) is 56.3 Å². The lowest BCUT2D eigenvalue weighted by Gasteiger charge is -2.40. The highest BCUT2D eigenvalue weighted by molar-refractivity contribution is 5.96. The first kappa shape index (κ1) is 23.0. The molecule has 3 heterocycles. The summed E-state index contributed by atoms with van der Waals surface area (Å²) in [6.45, 7) is -0.393. The lowest BCUT2D eigenvalue weighted by atomic mass is 9.95. The number of hydrogen-bond acceptors (Lipinski definition) is 7. The maximum absolute atomic E-state index is 13.2. The molecule has 0 saturated carbocycles. The fraction of sp³-hybridized carbons (Fsp3) is 0.458. The van der Waals surface area contributed by atoms with Gasteiger partial charge in [0.2, 0.25) is 5.91 Å². The molecule has 0 radical (unpaired) electrons. The average molecular weight is 455 g/mol. The SMILES string of the molecule is COc1cccc(C(=O)NC2CC3CCC(C2)N3c2ccc(C(N)=O)cn2)c1CC(O)CO. The number of nitrogens with zero attached hydrogens (tertiary/aromatic N) is 2. The minimum absolute atomic E-state index is 0.0120. The van der Waals surface area contributed by atoms with Crippen molar-refractivity contribution in [2.75, 3.05) is 18.6 Å². The molecule has 9 heteroatoms. The van der Waals surface area contributed by atoms with E-state index in [0.717, 1.165) is 31.5 Å². The highest BCUT2D eigenvalue weighted by Gasteiger charge is 2.42. The Hall–Kier alpha value is -3.17. The summed E-state index contributed by atoms with van der Waals surface area (Å²) < 4.78 is 5.39. The number of nitrogens with two attached hydrogens (primary N) is 1. The van der Waals surface area contributed by atoms with Crippen molar-refractivity contribution in [3.8, 4) is 5.75 Å². The van der Waals surface area contributed by atoms with Crippen LogP contribution >= 0.6 is 0 Å². The summed E-state index contributed by atoms with van der Waals surface area (Å²) >= 11 is 0. The topological polar surface area (TPSA) is 138 Å². The predicted molar refractivity (Wildman–Crippen MR) is 122 cm³/mol. The quantitative estimate of drug-likeness (QED) is 0.467. The van der Waals surface area contributed by atoms with Gasteiger partial charge < -0.3 is 30.9 Å². The fourth-order valence-corrected chi connectivity index (χ4v) is 5.10. The van der Waals surface area contributed by atoms with Gasteiger partial charge in [0.25, 0.3) is 5.91 Å². The van der Waals surface area contributed by atoms with Crippen LogP contribution in [0.25, 0.3) is 0 Å². The van der Waals surface area contributed by atoms with Crippen molar-refractivity contribution in [1.82, 2.24) is 10.3 Å². The zero-order valence-corrected chi connectivity index (χ0v) is 18.6. The van der Waals surface area contributed by atoms with E-state index in [1.54, 1.807) is 24.3 Å². The highest BCUT2D eigenvalue weighted by Crippen LogP contribution is 2.38. The molecule has 176 valence electrons. The number of pyridine rings is 1. The van der Waals surface area contributed by atoms with E-state index in [1.165, 1.54) is 13.3 Å². The number of rotatable bonds is 8. The molecule has 2 fully saturated rings. The van der Waals surface area contributed by atoms with Gasteiger partial charge in [0.15, 0.2) is 0 Å². The molecule has 4 rings (SSSR count). The van der Waals surface area contributed by atoms with Crippen molar-refractivity contribution in [3.05, 3.63) is 53.2 Å². The number of aromatic nitrogens is 1. The summed E-state index contributed by atoms with van der Waals surface area (Å²) in [5, 5.41) is 22.4. The molecule has 2 amide bonds. The van der Waals surface area contributed by atoms with Crippen LogP contribution in [0.1, 0.15) is 52.0 Å². The Morgan fingerprint density at radius 1 is 1.24 bits per heavy atom. The van der Waals surface area contributed by atoms with Crippen molar-refractivity contribution in [2.24, 2.45) is 5.73 Å². The van der Waals surface area contributed by atoms with Crippen molar-refractivity contribution in [1.29, 1.82) is 0 Å². The second-order valence-corrected chi connectivity index (χ2v) is 8.73. The van der Waals surface area contributed by atoms with E-state index in [4.69, 9.17) is 10.5 Å². The highest BCUT2D eigenvalue weighted by atomic mass is 16.5. The monoisotopic (exact) mass is 454 g/mol. The van der Waals surface area contributed by atoms with Crippen molar-refractivity contribution in [3.63, 3.8) is 0 Å². The van der Waals surface area contributed by atoms with Crippen LogP contribution in [0.2, 0.25) is 0 Å². The maximum Gasteiger partial charge on any atom is 0.251 e. The number of piperidine rings is 1. The number of aliphatic hydroxyl groups is 2. The zero-order valence-electron chi connectivity index (χ0n) is 18.6. The van der Waals surface area contributed by atoms with Gasteiger partial charge in [0.05, 0.1) is 25.4 Å². The second-order valence-electron chi connectivity index (χ2n) is 8.73. The number of fused-ring (bicyclic) bond motifs is 2. The van der Waals surface area contributed by atoms with Gasteiger partial charge in [0, 0.05) is 41.9 Å². The molecule has 2 saturated heterocycles. The van der Waals surface area contributed by atoms with Crippen molar-refractivity contribution >= 4 is 17.6 Å². The van der Waals surface area contributed by atoms with Crippen LogP contribution in [0.5, 0.6) is 5.75 Å². The first-order chi connectivity index (χ1) is 15.9. The fourth-order valence-electron chi connectivity index (χ4n) is 5.10. The molecule has 3 atom stereocenters. The Kier molecular flexibility index (Phi) is 6.80. The molecule has 2 aliphatic heterocycles. The normalized spacial score (nSPS) is 22.6. The number of nitrogens with one attached hydrogen (secondary N) is 1. The number of carbonyl (C=O) groups excluding carboxylic acids is 2. The van der Waals surface area contributed by atoms with Gasteiger partial charge in [0.1, 0.15) is 11.6 Å². The molecule has 3 unspecified atom stereocenters. The third-order valence-electron chi connectivity index (χ3n) is 6.61. The summed E-state index contributed by atoms with van der Waals surface area (Å²) in [6, 6.07) is 9.25. The first-order valence-corrected chi connectivity index (χ1v) is 11.2. The summed E-state index contributed by atoms with van der Waals surface area (Å²) in [7, 11) is 1.52. The Bertz CT molecular complexity index is 998. The zero-order chi connectivity index (χ0) is 23.5. The number of primary amides is 1. The van der Waals surface area contributed by atoms with Crippen LogP contribution in [-0.4, -0.2) is 65.0 Å². The lowest BCUT2D eigenvalue weighted by molar-refractivity contribution is 0.0902. The van der Waals surface area contributed by atoms with Gasteiger partial charge in [-0.05, 0) is 49.9 Å². The van der Waals surface area contributed by atoms with Gasteiger partial charge in [-0.1, -0.05) is 6.07 Å².